The van der Waals surface area contributed by atoms with Gasteiger partial charge in [-0.25, -0.2) is 0 Å². The van der Waals surface area contributed by atoms with Gasteiger partial charge >= 0.3 is 0 Å². The molecule has 1 aromatic heterocycles. The third-order valence-corrected chi connectivity index (χ3v) is 4.46. The van der Waals surface area contributed by atoms with E-state index in [4.69, 9.17) is 0 Å². The monoisotopic (exact) mass is 340 g/mol. The first-order valence-corrected chi connectivity index (χ1v) is 8.73. The van der Waals surface area contributed by atoms with E-state index in [1.165, 1.54) is 5.56 Å². The van der Waals surface area contributed by atoms with E-state index < -0.39 is 10.8 Å². The number of nitrogens with one attached hydrogen (secondary N) is 1. The molecular weight excluding hydrogens is 324 g/mol. The zero-order valence-electron chi connectivity index (χ0n) is 10.9. The summed E-state index contributed by atoms with van der Waals surface area (Å²) in [5.74, 6) is 0.756. The predicted molar refractivity (Wildman–Crippen MR) is 84.7 cm³/mol. The van der Waals surface area contributed by atoms with E-state index in [-0.39, 0.29) is 0 Å². The fourth-order valence-corrected chi connectivity index (χ4v) is 2.97. The van der Waals surface area contributed by atoms with Gasteiger partial charge in [0.1, 0.15) is 0 Å². The minimum absolute atomic E-state index is 0.697. The van der Waals surface area contributed by atoms with Gasteiger partial charge in [-0.05, 0) is 30.7 Å². The van der Waals surface area contributed by atoms with Gasteiger partial charge in [0.05, 0.1) is 5.52 Å². The van der Waals surface area contributed by atoms with Crippen LogP contribution < -0.4 is 5.32 Å². The summed E-state index contributed by atoms with van der Waals surface area (Å²) in [6, 6.07) is 8.16. The molecule has 1 atom stereocenters. The third-order valence-electron chi connectivity index (χ3n) is 2.90. The van der Waals surface area contributed by atoms with Crippen molar-refractivity contribution in [3.8, 4) is 0 Å². The molecule has 102 valence electrons. The van der Waals surface area contributed by atoms with Crippen LogP contribution in [0.3, 0.4) is 0 Å². The summed E-state index contributed by atoms with van der Waals surface area (Å²) in [5, 5.41) is 4.51. The highest BCUT2D eigenvalue weighted by molar-refractivity contribution is 9.10. The number of halogens is 1. The standard InChI is InChI=1S/C14H17BrN2OS/c1-19(18)9-3-7-16-10-11-5-6-13(15)12-4-2-8-17-14(11)12/h2,4-6,8,16H,3,7,9-10H2,1H3. The molecule has 0 fully saturated rings. The second-order valence-corrected chi connectivity index (χ2v) is 6.82. The summed E-state index contributed by atoms with van der Waals surface area (Å²) < 4.78 is 12.0. The lowest BCUT2D eigenvalue weighted by molar-refractivity contribution is 0.663. The van der Waals surface area contributed by atoms with Gasteiger partial charge in [0.15, 0.2) is 0 Å². The molecule has 0 spiro atoms. The van der Waals surface area contributed by atoms with Gasteiger partial charge in [-0.2, -0.15) is 0 Å². The zero-order chi connectivity index (χ0) is 13.7. The molecule has 2 aromatic rings. The van der Waals surface area contributed by atoms with Crippen LogP contribution in [-0.4, -0.2) is 27.7 Å². The highest BCUT2D eigenvalue weighted by atomic mass is 79.9. The summed E-state index contributed by atoms with van der Waals surface area (Å²) >= 11 is 3.55. The van der Waals surface area contributed by atoms with Crippen LogP contribution in [-0.2, 0) is 17.3 Å². The smallest absolute Gasteiger partial charge is 0.0758 e. The number of fused-ring (bicyclic) bond motifs is 1. The predicted octanol–water partition coefficient (Wildman–Crippen LogP) is 2.86. The van der Waals surface area contributed by atoms with Gasteiger partial charge in [-0.15, -0.1) is 0 Å². The maximum atomic E-state index is 11.0. The van der Waals surface area contributed by atoms with E-state index in [1.807, 2.05) is 12.3 Å². The Labute approximate surface area is 124 Å². The molecule has 0 aliphatic heterocycles. The lowest BCUT2D eigenvalue weighted by atomic mass is 10.1. The maximum absolute atomic E-state index is 11.0. The Balaban J connectivity index is 2.01. The molecule has 0 radical (unpaired) electrons. The zero-order valence-corrected chi connectivity index (χ0v) is 13.3. The SMILES string of the molecule is CS(=O)CCCNCc1ccc(Br)c2cccnc12. The van der Waals surface area contributed by atoms with Crippen molar-refractivity contribution >= 4 is 37.6 Å². The summed E-state index contributed by atoms with van der Waals surface area (Å²) in [7, 11) is -0.697. The molecule has 5 heteroatoms. The summed E-state index contributed by atoms with van der Waals surface area (Å²) in [6.07, 6.45) is 4.50. The van der Waals surface area contributed by atoms with Gasteiger partial charge in [-0.3, -0.25) is 9.19 Å². The van der Waals surface area contributed by atoms with Crippen LogP contribution in [0.4, 0.5) is 0 Å². The Morgan fingerprint density at radius 3 is 3.00 bits per heavy atom. The molecule has 1 aromatic carbocycles. The molecule has 0 bridgehead atoms. The van der Waals surface area contributed by atoms with E-state index in [0.29, 0.717) is 0 Å². The minimum Gasteiger partial charge on any atom is -0.313 e. The number of aromatic nitrogens is 1. The van der Waals surface area contributed by atoms with Crippen LogP contribution in [0.15, 0.2) is 34.9 Å². The fourth-order valence-electron chi connectivity index (χ4n) is 1.96. The third kappa shape index (κ3) is 4.09. The molecule has 0 saturated carbocycles. The Kier molecular flexibility index (Phi) is 5.48. The van der Waals surface area contributed by atoms with E-state index in [2.05, 4.69) is 44.4 Å². The second-order valence-electron chi connectivity index (χ2n) is 4.41. The molecule has 2 rings (SSSR count). The van der Waals surface area contributed by atoms with Crippen molar-refractivity contribution in [3.05, 3.63) is 40.5 Å². The first-order chi connectivity index (χ1) is 9.18. The highest BCUT2D eigenvalue weighted by Gasteiger charge is 2.04. The van der Waals surface area contributed by atoms with Crippen molar-refractivity contribution in [2.45, 2.75) is 13.0 Å². The largest absolute Gasteiger partial charge is 0.313 e. The Morgan fingerprint density at radius 1 is 1.37 bits per heavy atom. The quantitative estimate of drug-likeness (QED) is 0.822. The maximum Gasteiger partial charge on any atom is 0.0758 e. The van der Waals surface area contributed by atoms with Crippen molar-refractivity contribution in [1.82, 2.24) is 10.3 Å². The molecule has 1 unspecified atom stereocenters. The van der Waals surface area contributed by atoms with Gasteiger partial charge in [-0.1, -0.05) is 28.1 Å². The van der Waals surface area contributed by atoms with Gasteiger partial charge in [0, 0.05) is 45.4 Å². The number of rotatable bonds is 6. The number of pyridine rings is 1. The molecule has 19 heavy (non-hydrogen) atoms. The Bertz CT molecular complexity index is 589. The van der Waals surface area contributed by atoms with Crippen LogP contribution in [0.5, 0.6) is 0 Å². The number of hydrogen-bond donors (Lipinski definition) is 1. The van der Waals surface area contributed by atoms with Crippen molar-refractivity contribution in [2.75, 3.05) is 18.6 Å². The van der Waals surface area contributed by atoms with Crippen LogP contribution >= 0.6 is 15.9 Å². The van der Waals surface area contributed by atoms with Crippen molar-refractivity contribution in [1.29, 1.82) is 0 Å². The van der Waals surface area contributed by atoms with Gasteiger partial charge < -0.3 is 5.32 Å². The lowest BCUT2D eigenvalue weighted by Gasteiger charge is -2.08. The number of benzene rings is 1. The van der Waals surface area contributed by atoms with E-state index >= 15 is 0 Å². The minimum atomic E-state index is -0.697. The van der Waals surface area contributed by atoms with Gasteiger partial charge in [0.25, 0.3) is 0 Å². The molecular formula is C14H17BrN2OS. The summed E-state index contributed by atoms with van der Waals surface area (Å²) in [4.78, 5) is 4.45. The first-order valence-electron chi connectivity index (χ1n) is 6.21. The molecule has 0 amide bonds. The fraction of sp³-hybridized carbons (Fsp3) is 0.357. The Morgan fingerprint density at radius 2 is 2.21 bits per heavy atom. The van der Waals surface area contributed by atoms with Crippen LogP contribution in [0.1, 0.15) is 12.0 Å². The van der Waals surface area contributed by atoms with Crippen molar-refractivity contribution < 1.29 is 4.21 Å². The van der Waals surface area contributed by atoms with Crippen LogP contribution in [0, 0.1) is 0 Å². The van der Waals surface area contributed by atoms with Crippen molar-refractivity contribution in [3.63, 3.8) is 0 Å². The summed E-state index contributed by atoms with van der Waals surface area (Å²) in [6.45, 7) is 1.67. The second kappa shape index (κ2) is 7.12. The van der Waals surface area contributed by atoms with E-state index in [0.717, 1.165) is 40.6 Å². The van der Waals surface area contributed by atoms with Gasteiger partial charge in [0.2, 0.25) is 0 Å². The molecule has 3 nitrogen and oxygen atoms in total. The molecule has 0 aliphatic carbocycles. The topological polar surface area (TPSA) is 42.0 Å². The first kappa shape index (κ1) is 14.6. The molecule has 1 heterocycles. The van der Waals surface area contributed by atoms with E-state index in [1.54, 1.807) is 6.26 Å². The van der Waals surface area contributed by atoms with E-state index in [9.17, 15) is 4.21 Å². The number of hydrogen-bond acceptors (Lipinski definition) is 3. The lowest BCUT2D eigenvalue weighted by Crippen LogP contribution is -2.17. The molecule has 0 aliphatic rings. The highest BCUT2D eigenvalue weighted by Crippen LogP contribution is 2.24. The average Bonchev–Trinajstić information content (AvgIpc) is 2.41. The molecule has 0 saturated heterocycles. The number of nitrogens with zero attached hydrogens (tertiary/aromatic N) is 1. The Hall–Kier alpha value is -0.780. The van der Waals surface area contributed by atoms with Crippen LogP contribution in [0.25, 0.3) is 10.9 Å². The van der Waals surface area contributed by atoms with Crippen molar-refractivity contribution in [2.24, 2.45) is 0 Å². The normalized spacial score (nSPS) is 12.7. The molecule has 1 N–H and O–H groups in total. The average molecular weight is 341 g/mol. The summed E-state index contributed by atoms with van der Waals surface area (Å²) in [5.41, 5.74) is 2.22. The van der Waals surface area contributed by atoms with Crippen LogP contribution in [0.2, 0.25) is 0 Å².